The highest BCUT2D eigenvalue weighted by Gasteiger charge is 2.00. The maximum Gasteiger partial charge on any atom is 0.433 e. The van der Waals surface area contributed by atoms with Crippen LogP contribution >= 0.6 is 12.6 Å². The monoisotopic (exact) mass is 136 g/mol. The Morgan fingerprint density at radius 1 is 1.62 bits per heavy atom. The SMILES string of the molecule is NOC(=O)NC(=O)S. The number of thiol groups is 1. The smallest absolute Gasteiger partial charge is 0.356 e. The Hall–Kier alpha value is -0.750. The molecular formula is C2H4N2O3S. The maximum atomic E-state index is 9.89. The van der Waals surface area contributed by atoms with Crippen molar-refractivity contribution >= 4 is 24.0 Å². The van der Waals surface area contributed by atoms with Gasteiger partial charge in [0, 0.05) is 0 Å². The minimum absolute atomic E-state index is 0.805. The quantitative estimate of drug-likeness (QED) is 0.313. The standard InChI is InChI=1S/C2H4N2O3S/c3-7-1(5)4-2(6)8/h3H2,(H2,4,5,6,8). The fourth-order valence-corrected chi connectivity index (χ4v) is 0.208. The zero-order chi connectivity index (χ0) is 6.57. The van der Waals surface area contributed by atoms with Gasteiger partial charge >= 0.3 is 6.09 Å². The summed E-state index contributed by atoms with van der Waals surface area (Å²) in [6.07, 6.45) is -1.02. The van der Waals surface area contributed by atoms with Crippen LogP contribution in [0.3, 0.4) is 0 Å². The molecule has 6 heteroatoms. The number of carbonyl (C=O) groups excluding carboxylic acids is 2. The first-order valence-electron chi connectivity index (χ1n) is 1.57. The molecule has 0 aromatic carbocycles. The summed E-state index contributed by atoms with van der Waals surface area (Å²) in [5, 5.41) is 0.826. The number of nitrogens with one attached hydrogen (secondary N) is 1. The van der Waals surface area contributed by atoms with Crippen molar-refractivity contribution in [1.82, 2.24) is 5.32 Å². The summed E-state index contributed by atoms with van der Waals surface area (Å²) in [7, 11) is 0. The lowest BCUT2D eigenvalue weighted by Crippen LogP contribution is -2.28. The van der Waals surface area contributed by atoms with Crippen molar-refractivity contribution in [2.24, 2.45) is 5.90 Å². The number of hydrogen-bond acceptors (Lipinski definition) is 4. The molecule has 5 nitrogen and oxygen atoms in total. The Labute approximate surface area is 50.5 Å². The molecule has 2 amide bonds. The van der Waals surface area contributed by atoms with Gasteiger partial charge < -0.3 is 4.84 Å². The van der Waals surface area contributed by atoms with Crippen LogP contribution in [0.5, 0.6) is 0 Å². The molecule has 0 unspecified atom stereocenters. The lowest BCUT2D eigenvalue weighted by atomic mass is 11.1. The third kappa shape index (κ3) is 3.44. The summed E-state index contributed by atoms with van der Waals surface area (Å²) in [6, 6.07) is 0. The molecule has 0 bridgehead atoms. The Balaban J connectivity index is 3.40. The third-order valence-corrected chi connectivity index (χ3v) is 0.428. The molecule has 0 rings (SSSR count). The molecule has 0 saturated heterocycles. The van der Waals surface area contributed by atoms with Crippen LogP contribution in [0.4, 0.5) is 9.59 Å². The van der Waals surface area contributed by atoms with Gasteiger partial charge in [0.25, 0.3) is 5.24 Å². The number of hydrogen-bond donors (Lipinski definition) is 3. The average molecular weight is 136 g/mol. The highest BCUT2D eigenvalue weighted by molar-refractivity contribution is 7.96. The molecule has 0 radical (unpaired) electrons. The van der Waals surface area contributed by atoms with Crippen LogP contribution in [-0.2, 0) is 4.84 Å². The lowest BCUT2D eigenvalue weighted by Gasteiger charge is -1.92. The number of imide groups is 1. The summed E-state index contributed by atoms with van der Waals surface area (Å²) in [5.74, 6) is 4.32. The van der Waals surface area contributed by atoms with E-state index in [9.17, 15) is 9.59 Å². The van der Waals surface area contributed by atoms with Gasteiger partial charge in [-0.05, 0) is 0 Å². The largest absolute Gasteiger partial charge is 0.433 e. The van der Waals surface area contributed by atoms with Crippen molar-refractivity contribution in [2.45, 2.75) is 0 Å². The summed E-state index contributed by atoms with van der Waals surface area (Å²) < 4.78 is 0. The number of rotatable bonds is 0. The molecule has 8 heavy (non-hydrogen) atoms. The molecule has 0 aromatic rings. The van der Waals surface area contributed by atoms with Crippen molar-refractivity contribution in [1.29, 1.82) is 0 Å². The van der Waals surface area contributed by atoms with Crippen LogP contribution in [0, 0.1) is 0 Å². The highest BCUT2D eigenvalue weighted by atomic mass is 32.1. The van der Waals surface area contributed by atoms with Gasteiger partial charge in [-0.15, -0.1) is 0 Å². The van der Waals surface area contributed by atoms with E-state index < -0.39 is 11.3 Å². The minimum atomic E-state index is -1.02. The Morgan fingerprint density at radius 2 is 2.12 bits per heavy atom. The third-order valence-electron chi connectivity index (χ3n) is 0.316. The van der Waals surface area contributed by atoms with E-state index in [1.54, 1.807) is 5.32 Å². The first-order valence-corrected chi connectivity index (χ1v) is 2.02. The van der Waals surface area contributed by atoms with Gasteiger partial charge in [-0.3, -0.25) is 10.1 Å². The number of carbonyl (C=O) groups is 2. The van der Waals surface area contributed by atoms with Gasteiger partial charge in [-0.25, -0.2) is 4.79 Å². The molecule has 0 heterocycles. The second-order valence-corrected chi connectivity index (χ2v) is 1.24. The van der Waals surface area contributed by atoms with E-state index in [4.69, 9.17) is 0 Å². The van der Waals surface area contributed by atoms with E-state index >= 15 is 0 Å². The van der Waals surface area contributed by atoms with Crippen molar-refractivity contribution in [3.05, 3.63) is 0 Å². The molecular weight excluding hydrogens is 132 g/mol. The maximum absolute atomic E-state index is 9.89. The predicted octanol–water partition coefficient (Wildman–Crippen LogP) is -0.364. The van der Waals surface area contributed by atoms with E-state index in [2.05, 4.69) is 23.4 Å². The van der Waals surface area contributed by atoms with Gasteiger partial charge in [-0.1, -0.05) is 12.6 Å². The zero-order valence-corrected chi connectivity index (χ0v) is 4.64. The minimum Gasteiger partial charge on any atom is -0.356 e. The molecule has 0 fully saturated rings. The van der Waals surface area contributed by atoms with Crippen LogP contribution in [0.15, 0.2) is 0 Å². The Morgan fingerprint density at radius 3 is 2.25 bits per heavy atom. The zero-order valence-electron chi connectivity index (χ0n) is 3.75. The van der Waals surface area contributed by atoms with Crippen LogP contribution in [0.1, 0.15) is 0 Å². The van der Waals surface area contributed by atoms with Crippen molar-refractivity contribution in [3.8, 4) is 0 Å². The second kappa shape index (κ2) is 3.28. The normalized spacial score (nSPS) is 7.75. The molecule has 0 aromatic heterocycles. The Bertz CT molecular complexity index is 114. The molecule has 3 N–H and O–H groups in total. The van der Waals surface area contributed by atoms with E-state index in [1.165, 1.54) is 0 Å². The number of nitrogens with two attached hydrogens (primary N) is 1. The molecule has 0 aliphatic heterocycles. The summed E-state index contributed by atoms with van der Waals surface area (Å²) >= 11 is 3.18. The van der Waals surface area contributed by atoms with Crippen molar-refractivity contribution < 1.29 is 14.4 Å². The van der Waals surface area contributed by atoms with E-state index in [-0.39, 0.29) is 0 Å². The summed E-state index contributed by atoms with van der Waals surface area (Å²) in [6.45, 7) is 0. The van der Waals surface area contributed by atoms with Gasteiger partial charge in [-0.2, -0.15) is 5.90 Å². The fraction of sp³-hybridized carbons (Fsp3) is 0. The molecule has 0 atom stereocenters. The van der Waals surface area contributed by atoms with Crippen molar-refractivity contribution in [2.75, 3.05) is 0 Å². The van der Waals surface area contributed by atoms with Gasteiger partial charge in [0.15, 0.2) is 0 Å². The lowest BCUT2D eigenvalue weighted by molar-refractivity contribution is 0.150. The first kappa shape index (κ1) is 7.25. The predicted molar refractivity (Wildman–Crippen MR) is 28.2 cm³/mol. The van der Waals surface area contributed by atoms with Gasteiger partial charge in [0.2, 0.25) is 0 Å². The molecule has 46 valence electrons. The molecule has 0 saturated carbocycles. The van der Waals surface area contributed by atoms with Crippen LogP contribution in [-0.4, -0.2) is 11.3 Å². The Kier molecular flexibility index (Phi) is 2.97. The van der Waals surface area contributed by atoms with Crippen molar-refractivity contribution in [3.63, 3.8) is 0 Å². The average Bonchev–Trinajstić information content (AvgIpc) is 1.65. The van der Waals surface area contributed by atoms with E-state index in [0.717, 1.165) is 0 Å². The second-order valence-electron chi connectivity index (χ2n) is 0.835. The topological polar surface area (TPSA) is 81.4 Å². The highest BCUT2D eigenvalue weighted by Crippen LogP contribution is 1.75. The summed E-state index contributed by atoms with van der Waals surface area (Å²) in [5.41, 5.74) is 0. The molecule has 0 spiro atoms. The van der Waals surface area contributed by atoms with Gasteiger partial charge in [0.1, 0.15) is 0 Å². The van der Waals surface area contributed by atoms with Crippen LogP contribution in [0.25, 0.3) is 0 Å². The first-order chi connectivity index (χ1) is 3.66. The van der Waals surface area contributed by atoms with Crippen LogP contribution < -0.4 is 11.2 Å². The fourth-order valence-electron chi connectivity index (χ4n) is 0.117. The van der Waals surface area contributed by atoms with Gasteiger partial charge in [0.05, 0.1) is 0 Å². The summed E-state index contributed by atoms with van der Waals surface area (Å²) in [4.78, 5) is 23.2. The van der Waals surface area contributed by atoms with Crippen LogP contribution in [0.2, 0.25) is 0 Å². The van der Waals surface area contributed by atoms with E-state index in [0.29, 0.717) is 0 Å². The molecule has 0 aliphatic carbocycles. The number of amides is 2. The van der Waals surface area contributed by atoms with E-state index in [1.807, 2.05) is 0 Å². The molecule has 0 aliphatic rings.